The molecule has 0 spiro atoms. The second-order valence-corrected chi connectivity index (χ2v) is 7.67. The van der Waals surface area contributed by atoms with E-state index in [1.165, 1.54) is 51.6 Å². The van der Waals surface area contributed by atoms with E-state index in [1.807, 2.05) is 0 Å². The van der Waals surface area contributed by atoms with E-state index >= 15 is 0 Å². The van der Waals surface area contributed by atoms with Gasteiger partial charge < -0.3 is 10.2 Å². The molecule has 24 heavy (non-hydrogen) atoms. The van der Waals surface area contributed by atoms with Crippen LogP contribution < -0.4 is 5.32 Å². The van der Waals surface area contributed by atoms with Crippen molar-refractivity contribution in [1.82, 2.24) is 15.1 Å². The minimum Gasteiger partial charge on any atom is -0.341 e. The molecule has 0 aromatic carbocycles. The van der Waals surface area contributed by atoms with Crippen LogP contribution in [0.3, 0.4) is 0 Å². The Kier molecular flexibility index (Phi) is 9.95. The predicted octanol–water partition coefficient (Wildman–Crippen LogP) is 2.94. The van der Waals surface area contributed by atoms with Crippen LogP contribution in [0.25, 0.3) is 0 Å². The van der Waals surface area contributed by atoms with Crippen molar-refractivity contribution in [2.24, 2.45) is 11.8 Å². The topological polar surface area (TPSA) is 35.6 Å². The molecule has 3 heterocycles. The minimum absolute atomic E-state index is 0. The number of amides is 1. The fourth-order valence-corrected chi connectivity index (χ4v) is 4.52. The Labute approximate surface area is 159 Å². The predicted molar refractivity (Wildman–Crippen MR) is 104 cm³/mol. The monoisotopic (exact) mass is 379 g/mol. The van der Waals surface area contributed by atoms with Gasteiger partial charge in [-0.3, -0.25) is 9.69 Å². The van der Waals surface area contributed by atoms with Crippen molar-refractivity contribution in [2.75, 3.05) is 39.3 Å². The molecule has 3 saturated heterocycles. The van der Waals surface area contributed by atoms with Crippen LogP contribution in [-0.4, -0.2) is 61.0 Å². The normalized spacial score (nSPS) is 29.5. The molecule has 3 aliphatic heterocycles. The van der Waals surface area contributed by atoms with Gasteiger partial charge in [-0.2, -0.15) is 0 Å². The van der Waals surface area contributed by atoms with Gasteiger partial charge in [-0.1, -0.05) is 6.92 Å². The molecular weight excluding hydrogens is 345 g/mol. The molecule has 142 valence electrons. The van der Waals surface area contributed by atoms with Crippen molar-refractivity contribution in [3.8, 4) is 0 Å². The zero-order valence-electron chi connectivity index (χ0n) is 15.0. The average Bonchev–Trinajstić information content (AvgIpc) is 3.10. The minimum atomic E-state index is 0. The second-order valence-electron chi connectivity index (χ2n) is 7.67. The highest BCUT2D eigenvalue weighted by molar-refractivity contribution is 5.85. The molecule has 1 amide bonds. The number of nitrogens with zero attached hydrogens (tertiary/aromatic N) is 2. The fourth-order valence-electron chi connectivity index (χ4n) is 4.52. The van der Waals surface area contributed by atoms with Crippen molar-refractivity contribution in [1.29, 1.82) is 0 Å². The Morgan fingerprint density at radius 3 is 2.50 bits per heavy atom. The van der Waals surface area contributed by atoms with E-state index in [9.17, 15) is 4.79 Å². The maximum Gasteiger partial charge on any atom is 0.222 e. The van der Waals surface area contributed by atoms with Gasteiger partial charge in [-0.25, -0.2) is 0 Å². The summed E-state index contributed by atoms with van der Waals surface area (Å²) in [6.45, 7) is 8.99. The van der Waals surface area contributed by atoms with Crippen LogP contribution in [0.4, 0.5) is 0 Å². The molecule has 0 aromatic heterocycles. The van der Waals surface area contributed by atoms with Crippen LogP contribution in [0.1, 0.15) is 51.9 Å². The summed E-state index contributed by atoms with van der Waals surface area (Å²) in [5.41, 5.74) is 0. The Hall–Kier alpha value is -0.0300. The molecule has 0 aromatic rings. The highest BCUT2D eigenvalue weighted by atomic mass is 35.5. The lowest BCUT2D eigenvalue weighted by Gasteiger charge is -2.38. The number of nitrogens with one attached hydrogen (secondary N) is 1. The largest absolute Gasteiger partial charge is 0.341 e. The number of carbonyl (C=O) groups is 1. The Balaban J connectivity index is 0.00000144. The molecular formula is C18H35Cl2N3O. The van der Waals surface area contributed by atoms with Crippen LogP contribution in [0.2, 0.25) is 0 Å². The van der Waals surface area contributed by atoms with E-state index in [2.05, 4.69) is 22.0 Å². The molecule has 1 N–H and O–H groups in total. The van der Waals surface area contributed by atoms with Crippen molar-refractivity contribution >= 4 is 30.7 Å². The maximum absolute atomic E-state index is 12.7. The molecule has 3 fully saturated rings. The third-order valence-corrected chi connectivity index (χ3v) is 6.04. The zero-order chi connectivity index (χ0) is 15.4. The van der Waals surface area contributed by atoms with Crippen LogP contribution in [0, 0.1) is 11.8 Å². The SMILES string of the molecule is CC(CC(=O)N1CCCC(N2CCCC2)C1)C1CCCNC1.Cl.Cl. The smallest absolute Gasteiger partial charge is 0.222 e. The Bertz CT molecular complexity index is 371. The number of hydrogen-bond donors (Lipinski definition) is 1. The van der Waals surface area contributed by atoms with E-state index in [0.29, 0.717) is 23.8 Å². The molecule has 0 saturated carbocycles. The first-order valence-electron chi connectivity index (χ1n) is 9.46. The number of rotatable bonds is 4. The van der Waals surface area contributed by atoms with Crippen molar-refractivity contribution < 1.29 is 4.79 Å². The van der Waals surface area contributed by atoms with Gasteiger partial charge in [-0.15, -0.1) is 24.8 Å². The van der Waals surface area contributed by atoms with Crippen LogP contribution in [0.5, 0.6) is 0 Å². The lowest BCUT2D eigenvalue weighted by atomic mass is 9.85. The van der Waals surface area contributed by atoms with E-state index < -0.39 is 0 Å². The van der Waals surface area contributed by atoms with Crippen LogP contribution in [-0.2, 0) is 4.79 Å². The summed E-state index contributed by atoms with van der Waals surface area (Å²) < 4.78 is 0. The van der Waals surface area contributed by atoms with Gasteiger partial charge in [0.15, 0.2) is 0 Å². The molecule has 3 aliphatic rings. The molecule has 4 nitrogen and oxygen atoms in total. The second kappa shape index (κ2) is 10.8. The first kappa shape index (κ1) is 22.0. The molecule has 3 rings (SSSR count). The summed E-state index contributed by atoms with van der Waals surface area (Å²) in [7, 11) is 0. The summed E-state index contributed by atoms with van der Waals surface area (Å²) in [5.74, 6) is 1.62. The number of piperidine rings is 2. The van der Waals surface area contributed by atoms with E-state index in [1.54, 1.807) is 0 Å². The van der Waals surface area contributed by atoms with Gasteiger partial charge >= 0.3 is 0 Å². The third kappa shape index (κ3) is 5.76. The number of hydrogen-bond acceptors (Lipinski definition) is 3. The molecule has 0 aliphatic carbocycles. The van der Waals surface area contributed by atoms with Gasteiger partial charge in [0.1, 0.15) is 0 Å². The van der Waals surface area contributed by atoms with Crippen molar-refractivity contribution in [3.63, 3.8) is 0 Å². The van der Waals surface area contributed by atoms with E-state index in [4.69, 9.17) is 0 Å². The first-order chi connectivity index (χ1) is 10.7. The first-order valence-corrected chi connectivity index (χ1v) is 9.46. The maximum atomic E-state index is 12.7. The highest BCUT2D eigenvalue weighted by Gasteiger charge is 2.30. The van der Waals surface area contributed by atoms with Gasteiger partial charge in [0, 0.05) is 25.6 Å². The lowest BCUT2D eigenvalue weighted by molar-refractivity contribution is -0.134. The summed E-state index contributed by atoms with van der Waals surface area (Å²) in [6.07, 6.45) is 8.46. The molecule has 6 heteroatoms. The summed E-state index contributed by atoms with van der Waals surface area (Å²) >= 11 is 0. The lowest BCUT2D eigenvalue weighted by Crippen LogP contribution is -2.49. The standard InChI is InChI=1S/C18H33N3O.2ClH/c1-15(16-6-4-8-19-13-16)12-18(22)21-11-5-7-17(14-21)20-9-2-3-10-20;;/h15-17,19H,2-14H2,1H3;2*1H. The molecule has 3 unspecified atom stereocenters. The van der Waals surface area contributed by atoms with Crippen molar-refractivity contribution in [2.45, 2.75) is 57.9 Å². The fraction of sp³-hybridized carbons (Fsp3) is 0.944. The number of carbonyl (C=O) groups excluding carboxylic acids is 1. The number of halogens is 2. The quantitative estimate of drug-likeness (QED) is 0.815. The van der Waals surface area contributed by atoms with Crippen LogP contribution >= 0.6 is 24.8 Å². The number of likely N-dealkylation sites (tertiary alicyclic amines) is 2. The Morgan fingerprint density at radius 1 is 1.08 bits per heavy atom. The third-order valence-electron chi connectivity index (χ3n) is 6.04. The highest BCUT2D eigenvalue weighted by Crippen LogP contribution is 2.25. The van der Waals surface area contributed by atoms with Crippen LogP contribution in [0.15, 0.2) is 0 Å². The summed E-state index contributed by atoms with van der Waals surface area (Å²) in [5, 5.41) is 3.48. The summed E-state index contributed by atoms with van der Waals surface area (Å²) in [4.78, 5) is 17.5. The van der Waals surface area contributed by atoms with E-state index in [0.717, 1.165) is 32.6 Å². The average molecular weight is 380 g/mol. The van der Waals surface area contributed by atoms with Gasteiger partial charge in [0.25, 0.3) is 0 Å². The van der Waals surface area contributed by atoms with Gasteiger partial charge in [0.2, 0.25) is 5.91 Å². The van der Waals surface area contributed by atoms with Gasteiger partial charge in [0.05, 0.1) is 0 Å². The zero-order valence-corrected chi connectivity index (χ0v) is 16.7. The van der Waals surface area contributed by atoms with Gasteiger partial charge in [-0.05, 0) is 76.5 Å². The summed E-state index contributed by atoms with van der Waals surface area (Å²) in [6, 6.07) is 0.631. The molecule has 3 atom stereocenters. The van der Waals surface area contributed by atoms with Crippen molar-refractivity contribution in [3.05, 3.63) is 0 Å². The van der Waals surface area contributed by atoms with E-state index in [-0.39, 0.29) is 24.8 Å². The Morgan fingerprint density at radius 2 is 1.83 bits per heavy atom. The molecule has 0 radical (unpaired) electrons. The molecule has 0 bridgehead atoms.